The first kappa shape index (κ1) is 18.0. The molecule has 1 fully saturated rings. The largest absolute Gasteiger partial charge is 0.455 e. The molecular formula is C18H24N2O4. The molecule has 0 aromatic heterocycles. The Morgan fingerprint density at radius 1 is 1.17 bits per heavy atom. The van der Waals surface area contributed by atoms with Gasteiger partial charge in [0.2, 0.25) is 0 Å². The topological polar surface area (TPSA) is 75.7 Å². The smallest absolute Gasteiger partial charge is 0.309 e. The van der Waals surface area contributed by atoms with Crippen LogP contribution in [0.2, 0.25) is 0 Å². The van der Waals surface area contributed by atoms with Crippen molar-refractivity contribution in [1.29, 1.82) is 0 Å². The molecule has 0 bridgehead atoms. The summed E-state index contributed by atoms with van der Waals surface area (Å²) in [5.41, 5.74) is 1.14. The third kappa shape index (κ3) is 4.57. The second-order valence-corrected chi connectivity index (χ2v) is 6.03. The van der Waals surface area contributed by atoms with Gasteiger partial charge < -0.3 is 15.0 Å². The molecule has 6 heteroatoms. The summed E-state index contributed by atoms with van der Waals surface area (Å²) in [6.07, 6.45) is 0.836. The summed E-state index contributed by atoms with van der Waals surface area (Å²) >= 11 is 0. The molecule has 0 spiro atoms. The fraction of sp³-hybridized carbons (Fsp3) is 0.500. The molecule has 2 atom stereocenters. The highest BCUT2D eigenvalue weighted by atomic mass is 16.5. The fourth-order valence-electron chi connectivity index (χ4n) is 2.48. The number of benzene rings is 1. The summed E-state index contributed by atoms with van der Waals surface area (Å²) < 4.78 is 4.98. The molecule has 1 aromatic rings. The van der Waals surface area contributed by atoms with Gasteiger partial charge in [0.1, 0.15) is 0 Å². The van der Waals surface area contributed by atoms with Crippen LogP contribution in [0.15, 0.2) is 24.3 Å². The second kappa shape index (κ2) is 7.95. The molecule has 1 aromatic carbocycles. The Kier molecular flexibility index (Phi) is 5.95. The molecule has 0 radical (unpaired) electrons. The molecule has 0 heterocycles. The quantitative estimate of drug-likeness (QED) is 0.778. The van der Waals surface area contributed by atoms with E-state index < -0.39 is 0 Å². The highest BCUT2D eigenvalue weighted by Gasteiger charge is 2.40. The number of hydrogen-bond acceptors (Lipinski definition) is 4. The maximum atomic E-state index is 12.2. The molecule has 130 valence electrons. The van der Waals surface area contributed by atoms with Gasteiger partial charge in [-0.05, 0) is 50.5 Å². The zero-order valence-corrected chi connectivity index (χ0v) is 14.4. The van der Waals surface area contributed by atoms with E-state index in [-0.39, 0.29) is 30.3 Å². The summed E-state index contributed by atoms with van der Waals surface area (Å²) in [5.74, 6) is -0.428. The van der Waals surface area contributed by atoms with E-state index in [1.165, 1.54) is 0 Å². The van der Waals surface area contributed by atoms with Crippen molar-refractivity contribution in [2.75, 3.05) is 25.0 Å². The molecule has 1 N–H and O–H groups in total. The number of hydrogen-bond donors (Lipinski definition) is 1. The number of nitrogens with zero attached hydrogens (tertiary/aromatic N) is 1. The van der Waals surface area contributed by atoms with Crippen molar-refractivity contribution >= 4 is 23.5 Å². The predicted octanol–water partition coefficient (Wildman–Crippen LogP) is 2.31. The van der Waals surface area contributed by atoms with Crippen LogP contribution < -0.4 is 5.32 Å². The van der Waals surface area contributed by atoms with Crippen LogP contribution in [0.1, 0.15) is 37.6 Å². The van der Waals surface area contributed by atoms with Crippen LogP contribution in [0.25, 0.3) is 0 Å². The number of carbonyl (C=O) groups is 3. The van der Waals surface area contributed by atoms with Crippen molar-refractivity contribution in [2.45, 2.75) is 27.2 Å². The third-order valence-corrected chi connectivity index (χ3v) is 4.22. The van der Waals surface area contributed by atoms with Crippen molar-refractivity contribution in [3.63, 3.8) is 0 Å². The lowest BCUT2D eigenvalue weighted by Gasteiger charge is -2.18. The van der Waals surface area contributed by atoms with E-state index >= 15 is 0 Å². The van der Waals surface area contributed by atoms with Crippen molar-refractivity contribution in [1.82, 2.24) is 4.90 Å². The normalized spacial score (nSPS) is 18.6. The lowest BCUT2D eigenvalue weighted by molar-refractivity contribution is -0.148. The first-order chi connectivity index (χ1) is 11.5. The molecule has 1 aliphatic rings. The monoisotopic (exact) mass is 332 g/mol. The van der Waals surface area contributed by atoms with Crippen LogP contribution in [0, 0.1) is 11.8 Å². The molecule has 1 saturated carbocycles. The van der Waals surface area contributed by atoms with Crippen LogP contribution in [-0.2, 0) is 14.3 Å². The van der Waals surface area contributed by atoms with Crippen LogP contribution in [0.5, 0.6) is 0 Å². The van der Waals surface area contributed by atoms with Gasteiger partial charge >= 0.3 is 5.97 Å². The van der Waals surface area contributed by atoms with Crippen LogP contribution >= 0.6 is 0 Å². The van der Waals surface area contributed by atoms with Gasteiger partial charge in [-0.3, -0.25) is 14.4 Å². The molecule has 6 nitrogen and oxygen atoms in total. The number of carbonyl (C=O) groups excluding carboxylic acids is 3. The van der Waals surface area contributed by atoms with Crippen LogP contribution in [0.4, 0.5) is 5.69 Å². The van der Waals surface area contributed by atoms with Gasteiger partial charge in [0.05, 0.1) is 5.92 Å². The van der Waals surface area contributed by atoms with E-state index in [2.05, 4.69) is 5.32 Å². The molecule has 1 aliphatic carbocycles. The summed E-state index contributed by atoms with van der Waals surface area (Å²) in [4.78, 5) is 37.3. The lowest BCUT2D eigenvalue weighted by Crippen LogP contribution is -2.30. The number of anilines is 1. The molecule has 24 heavy (non-hydrogen) atoms. The second-order valence-electron chi connectivity index (χ2n) is 6.03. The summed E-state index contributed by atoms with van der Waals surface area (Å²) in [7, 11) is 0. The van der Waals surface area contributed by atoms with E-state index in [0.717, 1.165) is 6.42 Å². The minimum Gasteiger partial charge on any atom is -0.455 e. The van der Waals surface area contributed by atoms with Crippen molar-refractivity contribution in [3.8, 4) is 0 Å². The molecule has 0 unspecified atom stereocenters. The zero-order valence-electron chi connectivity index (χ0n) is 14.4. The molecule has 0 aliphatic heterocycles. The van der Waals surface area contributed by atoms with Crippen LogP contribution in [0.3, 0.4) is 0 Å². The van der Waals surface area contributed by atoms with Gasteiger partial charge in [-0.25, -0.2) is 0 Å². The Labute approximate surface area is 142 Å². The minimum atomic E-state index is -0.389. The highest BCUT2D eigenvalue weighted by molar-refractivity contribution is 5.96. The van der Waals surface area contributed by atoms with E-state index in [1.54, 1.807) is 29.2 Å². The van der Waals surface area contributed by atoms with Gasteiger partial charge in [0, 0.05) is 24.3 Å². The van der Waals surface area contributed by atoms with Gasteiger partial charge in [0.25, 0.3) is 11.8 Å². The zero-order chi connectivity index (χ0) is 17.7. The van der Waals surface area contributed by atoms with Gasteiger partial charge in [-0.2, -0.15) is 0 Å². The predicted molar refractivity (Wildman–Crippen MR) is 90.6 cm³/mol. The maximum absolute atomic E-state index is 12.2. The van der Waals surface area contributed by atoms with Gasteiger partial charge in [-0.15, -0.1) is 0 Å². The summed E-state index contributed by atoms with van der Waals surface area (Å²) in [5, 5.41) is 2.65. The Morgan fingerprint density at radius 3 is 2.25 bits per heavy atom. The summed E-state index contributed by atoms with van der Waals surface area (Å²) in [6, 6.07) is 6.68. The third-order valence-electron chi connectivity index (χ3n) is 4.22. The number of ether oxygens (including phenoxy) is 1. The van der Waals surface area contributed by atoms with Gasteiger partial charge in [-0.1, -0.05) is 6.92 Å². The number of amides is 2. The first-order valence-electron chi connectivity index (χ1n) is 8.32. The number of rotatable bonds is 7. The average molecular weight is 332 g/mol. The van der Waals surface area contributed by atoms with Crippen molar-refractivity contribution < 1.29 is 19.1 Å². The lowest BCUT2D eigenvalue weighted by atomic mass is 10.2. The SMILES string of the molecule is CCN(CC)C(=O)c1ccc(NC(=O)COC(=O)[C@@H]2C[C@@H]2C)cc1. The molecular weight excluding hydrogens is 308 g/mol. The van der Waals surface area contributed by atoms with Crippen molar-refractivity contribution in [2.24, 2.45) is 11.8 Å². The average Bonchev–Trinajstić information content (AvgIpc) is 3.31. The highest BCUT2D eigenvalue weighted by Crippen LogP contribution is 2.38. The standard InChI is InChI=1S/C18H24N2O4/c1-4-20(5-2)17(22)13-6-8-14(9-7-13)19-16(21)11-24-18(23)15-10-12(15)3/h6-9,12,15H,4-5,10-11H2,1-3H3,(H,19,21)/t12-,15+/m0/s1. The Balaban J connectivity index is 1.83. The van der Waals surface area contributed by atoms with Gasteiger partial charge in [0.15, 0.2) is 6.61 Å². The number of nitrogens with one attached hydrogen (secondary N) is 1. The molecule has 2 amide bonds. The molecule has 2 rings (SSSR count). The summed E-state index contributed by atoms with van der Waals surface area (Å²) in [6.45, 7) is 6.85. The van der Waals surface area contributed by atoms with Crippen molar-refractivity contribution in [3.05, 3.63) is 29.8 Å². The Hall–Kier alpha value is -2.37. The Morgan fingerprint density at radius 2 is 1.75 bits per heavy atom. The maximum Gasteiger partial charge on any atom is 0.309 e. The van der Waals surface area contributed by atoms with Crippen LogP contribution in [-0.4, -0.2) is 42.4 Å². The van der Waals surface area contributed by atoms with E-state index in [0.29, 0.717) is 30.3 Å². The molecule has 0 saturated heterocycles. The fourth-order valence-corrected chi connectivity index (χ4v) is 2.48. The van der Waals surface area contributed by atoms with E-state index in [9.17, 15) is 14.4 Å². The minimum absolute atomic E-state index is 0.0367. The number of esters is 1. The van der Waals surface area contributed by atoms with E-state index in [4.69, 9.17) is 4.74 Å². The first-order valence-corrected chi connectivity index (χ1v) is 8.32. The Bertz CT molecular complexity index is 608. The van der Waals surface area contributed by atoms with E-state index in [1.807, 2.05) is 20.8 Å².